The van der Waals surface area contributed by atoms with Crippen LogP contribution in [0, 0.1) is 7.14 Å². The first-order valence-corrected chi connectivity index (χ1v) is 14.3. The van der Waals surface area contributed by atoms with Gasteiger partial charge in [0.05, 0.1) is 0 Å². The van der Waals surface area contributed by atoms with E-state index in [2.05, 4.69) is 90.1 Å². The lowest BCUT2D eigenvalue weighted by molar-refractivity contribution is -0.597. The van der Waals surface area contributed by atoms with Crippen molar-refractivity contribution in [3.05, 3.63) is 66.8 Å². The third-order valence-electron chi connectivity index (χ3n) is 5.08. The van der Waals surface area contributed by atoms with Crippen molar-refractivity contribution in [1.29, 1.82) is 0 Å². The molecule has 0 aliphatic heterocycles. The van der Waals surface area contributed by atoms with Crippen LogP contribution in [0.2, 0.25) is 0 Å². The molecule has 0 heterocycles. The molecule has 14 heteroatoms. The van der Waals surface area contributed by atoms with Crippen LogP contribution in [0.1, 0.15) is 52.7 Å². The van der Waals surface area contributed by atoms with Crippen LogP contribution >= 0.6 is 0 Å². The molecule has 2 aromatic carbocycles. The first kappa shape index (κ1) is 34.5. The molecule has 0 atom stereocenters. The highest BCUT2D eigenvalue weighted by Gasteiger charge is 2.85. The first-order valence-electron chi connectivity index (χ1n) is 10.7. The molecular weight excluding hydrogens is 666 g/mol. The van der Waals surface area contributed by atoms with Gasteiger partial charge in [-0.2, -0.15) is 47.9 Å². The van der Waals surface area contributed by atoms with E-state index in [4.69, 9.17) is 4.55 Å². The Balaban J connectivity index is 0.000000391. The number of rotatable bonds is 5. The Morgan fingerprint density at radius 3 is 1.08 bits per heavy atom. The fourth-order valence-electron chi connectivity index (χ4n) is 2.67. The minimum absolute atomic E-state index is 0.0703. The van der Waals surface area contributed by atoms with Gasteiger partial charge in [0.2, 0.25) is 0 Å². The fraction of sp³-hybridized carbons (Fsp3) is 0.500. The molecule has 0 aromatic heterocycles. The van der Waals surface area contributed by atoms with Crippen molar-refractivity contribution in [1.82, 2.24) is 0 Å². The van der Waals surface area contributed by atoms with E-state index in [1.807, 2.05) is 0 Å². The average Bonchev–Trinajstić information content (AvgIpc) is 2.72. The van der Waals surface area contributed by atoms with E-state index in [9.17, 15) is 47.9 Å². The van der Waals surface area contributed by atoms with Gasteiger partial charge >= 0.3 is 54.6 Å². The third kappa shape index (κ3) is 7.77. The van der Waals surface area contributed by atoms with Crippen LogP contribution in [-0.2, 0) is 20.9 Å². The second-order valence-corrected chi connectivity index (χ2v) is 14.7. The highest BCUT2D eigenvalue weighted by Crippen LogP contribution is 2.54. The SMILES string of the molecule is CC(C)(C)c1ccc([I+]c2ccc(C(C)(C)C)cc2)cc1.O=S(=O)(O)C(F)(F)C(F)(F)C(F)(F)C(F)(F)F. The molecule has 2 aromatic rings. The predicted octanol–water partition coefficient (Wildman–Crippen LogP) is 4.71. The summed E-state index contributed by atoms with van der Waals surface area (Å²) in [6.45, 7) is 13.6. The van der Waals surface area contributed by atoms with Gasteiger partial charge in [0, 0.05) is 0 Å². The summed E-state index contributed by atoms with van der Waals surface area (Å²) in [5.74, 6) is -14.7. The van der Waals surface area contributed by atoms with Gasteiger partial charge in [-0.05, 0) is 46.2 Å². The van der Waals surface area contributed by atoms with Crippen LogP contribution in [0.15, 0.2) is 48.5 Å². The maximum Gasteiger partial charge on any atom is 0.460 e. The van der Waals surface area contributed by atoms with Crippen LogP contribution in [0.4, 0.5) is 39.5 Å². The number of benzene rings is 2. The Morgan fingerprint density at radius 1 is 0.579 bits per heavy atom. The molecule has 0 amide bonds. The summed E-state index contributed by atoms with van der Waals surface area (Å²) < 4.78 is 137. The van der Waals surface area contributed by atoms with Crippen LogP contribution in [0.25, 0.3) is 0 Å². The zero-order chi connectivity index (χ0) is 30.2. The standard InChI is InChI=1S/C20H26I.C4HF9O3S/c1-19(2,3)15-7-11-17(12-8-15)21-18-13-9-16(10-14-18)20(4,5)6;5-1(6,3(9,10)11)2(7,8)4(12,13)17(14,15)16/h7-14H,1-6H3;(H,14,15,16)/q+1;. The van der Waals surface area contributed by atoms with Crippen molar-refractivity contribution in [2.45, 2.75) is 75.6 Å². The second-order valence-electron chi connectivity index (χ2n) is 10.2. The van der Waals surface area contributed by atoms with Crippen LogP contribution in [-0.4, -0.2) is 36.2 Å². The van der Waals surface area contributed by atoms with Gasteiger partial charge in [0.15, 0.2) is 7.14 Å². The van der Waals surface area contributed by atoms with Crippen molar-refractivity contribution in [2.75, 3.05) is 0 Å². The Kier molecular flexibility index (Phi) is 10.1. The highest BCUT2D eigenvalue weighted by molar-refractivity contribution is 7.87. The Labute approximate surface area is 225 Å². The van der Waals surface area contributed by atoms with Gasteiger partial charge in [-0.15, -0.1) is 0 Å². The normalized spacial score (nSPS) is 14.1. The van der Waals surface area contributed by atoms with E-state index in [0.717, 1.165) is 0 Å². The molecule has 0 saturated carbocycles. The molecule has 0 aliphatic rings. The lowest BCUT2D eigenvalue weighted by Crippen LogP contribution is -3.61. The molecule has 0 unspecified atom stereocenters. The van der Waals surface area contributed by atoms with Crippen LogP contribution < -0.4 is 21.2 Å². The van der Waals surface area contributed by atoms with Gasteiger partial charge in [0.25, 0.3) is 0 Å². The molecule has 0 spiro atoms. The quantitative estimate of drug-likeness (QED) is 0.281. The molecule has 2 rings (SSSR count). The monoisotopic (exact) mass is 693 g/mol. The zero-order valence-electron chi connectivity index (χ0n) is 21.1. The van der Waals surface area contributed by atoms with Gasteiger partial charge < -0.3 is 0 Å². The minimum atomic E-state index is -7.37. The lowest BCUT2D eigenvalue weighted by Gasteiger charge is -2.31. The third-order valence-corrected chi connectivity index (χ3v) is 8.67. The summed E-state index contributed by atoms with van der Waals surface area (Å²) >= 11 is -0.0703. The maximum absolute atomic E-state index is 12.2. The molecule has 0 bridgehead atoms. The van der Waals surface area contributed by atoms with Gasteiger partial charge in [-0.1, -0.05) is 65.8 Å². The number of alkyl halides is 9. The Hall–Kier alpha value is -1.55. The lowest BCUT2D eigenvalue weighted by atomic mass is 9.87. The zero-order valence-corrected chi connectivity index (χ0v) is 24.0. The van der Waals surface area contributed by atoms with E-state index in [-0.39, 0.29) is 32.0 Å². The molecule has 0 aliphatic carbocycles. The topological polar surface area (TPSA) is 54.4 Å². The Morgan fingerprint density at radius 2 is 0.868 bits per heavy atom. The average molecular weight is 693 g/mol. The second kappa shape index (κ2) is 11.1. The Bertz CT molecular complexity index is 1120. The minimum Gasteiger partial charge on any atom is -0.281 e. The van der Waals surface area contributed by atoms with E-state index in [1.165, 1.54) is 18.3 Å². The van der Waals surface area contributed by atoms with Crippen LogP contribution in [0.5, 0.6) is 0 Å². The summed E-state index contributed by atoms with van der Waals surface area (Å²) in [6, 6.07) is 18.4. The smallest absolute Gasteiger partial charge is 0.281 e. The number of hydrogen-bond acceptors (Lipinski definition) is 2. The molecule has 3 nitrogen and oxygen atoms in total. The van der Waals surface area contributed by atoms with E-state index in [1.54, 1.807) is 0 Å². The molecule has 38 heavy (non-hydrogen) atoms. The van der Waals surface area contributed by atoms with Crippen molar-refractivity contribution in [2.24, 2.45) is 0 Å². The summed E-state index contributed by atoms with van der Waals surface area (Å²) in [7, 11) is -7.17. The number of halogens is 10. The molecule has 1 N–H and O–H groups in total. The van der Waals surface area contributed by atoms with E-state index >= 15 is 0 Å². The van der Waals surface area contributed by atoms with Crippen molar-refractivity contribution < 1.29 is 73.7 Å². The van der Waals surface area contributed by atoms with Crippen LogP contribution in [0.3, 0.4) is 0 Å². The molecule has 0 saturated heterocycles. The fourth-order valence-corrected chi connectivity index (χ4v) is 5.28. The highest BCUT2D eigenvalue weighted by atomic mass is 127. The summed E-state index contributed by atoms with van der Waals surface area (Å²) in [6.07, 6.45) is -7.13. The maximum atomic E-state index is 12.2. The molecule has 0 radical (unpaired) electrons. The summed E-state index contributed by atoms with van der Waals surface area (Å²) in [4.78, 5) is 0. The van der Waals surface area contributed by atoms with Gasteiger partial charge in [-0.3, -0.25) is 4.55 Å². The molecular formula is C24H27F9IO3S+. The largest absolute Gasteiger partial charge is 0.460 e. The predicted molar refractivity (Wildman–Crippen MR) is 120 cm³/mol. The number of hydrogen-bond donors (Lipinski definition) is 1. The molecule has 0 fully saturated rings. The van der Waals surface area contributed by atoms with Crippen molar-refractivity contribution in [3.8, 4) is 0 Å². The van der Waals surface area contributed by atoms with E-state index < -0.39 is 33.4 Å². The van der Waals surface area contributed by atoms with Crippen molar-refractivity contribution in [3.63, 3.8) is 0 Å². The van der Waals surface area contributed by atoms with Gasteiger partial charge in [0.1, 0.15) is 0 Å². The first-order chi connectivity index (χ1) is 16.7. The van der Waals surface area contributed by atoms with Crippen molar-refractivity contribution >= 4 is 10.1 Å². The molecule has 216 valence electrons. The van der Waals surface area contributed by atoms with Gasteiger partial charge in [-0.25, -0.2) is 0 Å². The summed E-state index contributed by atoms with van der Waals surface area (Å²) in [5.41, 5.74) is 3.31. The summed E-state index contributed by atoms with van der Waals surface area (Å²) in [5, 5.41) is -7.00. The van der Waals surface area contributed by atoms with E-state index in [0.29, 0.717) is 0 Å².